The molecule has 0 aliphatic carbocycles. The molecule has 0 saturated heterocycles. The third-order valence-electron chi connectivity index (χ3n) is 3.54. The molecule has 0 spiro atoms. The van der Waals surface area contributed by atoms with Gasteiger partial charge in [-0.1, -0.05) is 12.1 Å². The maximum absolute atomic E-state index is 5.52. The van der Waals surface area contributed by atoms with E-state index in [1.54, 1.807) is 0 Å². The zero-order valence-corrected chi connectivity index (χ0v) is 12.8. The second-order valence-corrected chi connectivity index (χ2v) is 5.67. The Balaban J connectivity index is 1.53. The van der Waals surface area contributed by atoms with Gasteiger partial charge in [0.2, 0.25) is 0 Å². The SMILES string of the molecule is CC(C)OCCCCNCCc1ccc2c(c1)CCO2. The van der Waals surface area contributed by atoms with Gasteiger partial charge in [-0.15, -0.1) is 0 Å². The van der Waals surface area contributed by atoms with E-state index in [2.05, 4.69) is 37.4 Å². The van der Waals surface area contributed by atoms with Crippen LogP contribution in [0.1, 0.15) is 37.8 Å². The highest BCUT2D eigenvalue weighted by Gasteiger charge is 2.11. The summed E-state index contributed by atoms with van der Waals surface area (Å²) in [6, 6.07) is 6.59. The van der Waals surface area contributed by atoms with Crippen LogP contribution in [0.3, 0.4) is 0 Å². The Kier molecular flexibility index (Phi) is 6.34. The Bertz CT molecular complexity index is 404. The highest BCUT2D eigenvalue weighted by Crippen LogP contribution is 2.25. The number of unbranched alkanes of at least 4 members (excludes halogenated alkanes) is 1. The minimum Gasteiger partial charge on any atom is -0.493 e. The van der Waals surface area contributed by atoms with E-state index < -0.39 is 0 Å². The molecule has 112 valence electrons. The molecule has 1 N–H and O–H groups in total. The molecule has 1 aromatic rings. The molecule has 0 fully saturated rings. The van der Waals surface area contributed by atoms with Crippen LogP contribution in [0, 0.1) is 0 Å². The highest BCUT2D eigenvalue weighted by molar-refractivity contribution is 5.39. The van der Waals surface area contributed by atoms with Gasteiger partial charge < -0.3 is 14.8 Å². The van der Waals surface area contributed by atoms with Crippen LogP contribution in [-0.2, 0) is 17.6 Å². The quantitative estimate of drug-likeness (QED) is 0.704. The van der Waals surface area contributed by atoms with Gasteiger partial charge in [0.15, 0.2) is 0 Å². The summed E-state index contributed by atoms with van der Waals surface area (Å²) >= 11 is 0. The zero-order chi connectivity index (χ0) is 14.2. The van der Waals surface area contributed by atoms with Crippen LogP contribution in [0.25, 0.3) is 0 Å². The molecule has 20 heavy (non-hydrogen) atoms. The maximum Gasteiger partial charge on any atom is 0.122 e. The topological polar surface area (TPSA) is 30.5 Å². The number of ether oxygens (including phenoxy) is 2. The van der Waals surface area contributed by atoms with E-state index in [4.69, 9.17) is 9.47 Å². The first kappa shape index (κ1) is 15.3. The molecule has 0 unspecified atom stereocenters. The van der Waals surface area contributed by atoms with E-state index in [9.17, 15) is 0 Å². The van der Waals surface area contributed by atoms with Gasteiger partial charge in [0.25, 0.3) is 0 Å². The van der Waals surface area contributed by atoms with E-state index in [1.165, 1.54) is 17.5 Å². The summed E-state index contributed by atoms with van der Waals surface area (Å²) in [7, 11) is 0. The second kappa shape index (κ2) is 8.28. The van der Waals surface area contributed by atoms with Gasteiger partial charge in [-0.2, -0.15) is 0 Å². The summed E-state index contributed by atoms with van der Waals surface area (Å²) in [6.45, 7) is 8.01. The number of nitrogens with one attached hydrogen (secondary N) is 1. The molecule has 2 rings (SSSR count). The van der Waals surface area contributed by atoms with Crippen LogP contribution in [0.5, 0.6) is 5.75 Å². The van der Waals surface area contributed by atoms with Crippen LogP contribution < -0.4 is 10.1 Å². The summed E-state index contributed by atoms with van der Waals surface area (Å²) in [5.41, 5.74) is 2.78. The van der Waals surface area contributed by atoms with Gasteiger partial charge in [-0.05, 0) is 63.4 Å². The minimum atomic E-state index is 0.353. The third kappa shape index (κ3) is 5.14. The molecule has 0 bridgehead atoms. The third-order valence-corrected chi connectivity index (χ3v) is 3.54. The largest absolute Gasteiger partial charge is 0.493 e. The fourth-order valence-electron chi connectivity index (χ4n) is 2.42. The summed E-state index contributed by atoms with van der Waals surface area (Å²) < 4.78 is 11.0. The average molecular weight is 277 g/mol. The predicted octanol–water partition coefficient (Wildman–Crippen LogP) is 2.96. The number of benzene rings is 1. The molecule has 0 radical (unpaired) electrons. The standard InChI is InChI=1S/C17H27NO2/c1-14(2)19-11-4-3-9-18-10-7-15-5-6-17-16(13-15)8-12-20-17/h5-6,13-14,18H,3-4,7-12H2,1-2H3. The van der Waals surface area contributed by atoms with Crippen molar-refractivity contribution in [2.24, 2.45) is 0 Å². The summed E-state index contributed by atoms with van der Waals surface area (Å²) in [5, 5.41) is 3.50. The zero-order valence-electron chi connectivity index (χ0n) is 12.8. The van der Waals surface area contributed by atoms with Crippen molar-refractivity contribution in [3.05, 3.63) is 29.3 Å². The van der Waals surface area contributed by atoms with Crippen molar-refractivity contribution in [1.29, 1.82) is 0 Å². The van der Waals surface area contributed by atoms with E-state index in [1.807, 2.05) is 0 Å². The molecule has 1 aromatic carbocycles. The van der Waals surface area contributed by atoms with Gasteiger partial charge in [-0.25, -0.2) is 0 Å². The summed E-state index contributed by atoms with van der Waals surface area (Å²) in [4.78, 5) is 0. The van der Waals surface area contributed by atoms with Crippen molar-refractivity contribution in [2.45, 2.75) is 45.6 Å². The lowest BCUT2D eigenvalue weighted by molar-refractivity contribution is 0.0760. The fourth-order valence-corrected chi connectivity index (χ4v) is 2.42. The molecule has 3 nitrogen and oxygen atoms in total. The normalized spacial score (nSPS) is 13.6. The predicted molar refractivity (Wildman–Crippen MR) is 82.5 cm³/mol. The van der Waals surface area contributed by atoms with Crippen LogP contribution >= 0.6 is 0 Å². The van der Waals surface area contributed by atoms with Crippen molar-refractivity contribution >= 4 is 0 Å². The van der Waals surface area contributed by atoms with E-state index in [0.29, 0.717) is 6.10 Å². The summed E-state index contributed by atoms with van der Waals surface area (Å²) in [6.07, 6.45) is 4.83. The first-order chi connectivity index (χ1) is 9.75. The molecule has 1 aliphatic heterocycles. The molecule has 0 aromatic heterocycles. The van der Waals surface area contributed by atoms with Gasteiger partial charge in [-0.3, -0.25) is 0 Å². The smallest absolute Gasteiger partial charge is 0.122 e. The van der Waals surface area contributed by atoms with Gasteiger partial charge in [0.05, 0.1) is 12.7 Å². The van der Waals surface area contributed by atoms with Crippen molar-refractivity contribution < 1.29 is 9.47 Å². The highest BCUT2D eigenvalue weighted by atomic mass is 16.5. The maximum atomic E-state index is 5.52. The molecular weight excluding hydrogens is 250 g/mol. The van der Waals surface area contributed by atoms with Crippen molar-refractivity contribution in [2.75, 3.05) is 26.3 Å². The molecule has 0 saturated carbocycles. The average Bonchev–Trinajstić information content (AvgIpc) is 2.89. The number of rotatable bonds is 9. The second-order valence-electron chi connectivity index (χ2n) is 5.67. The minimum absolute atomic E-state index is 0.353. The molecule has 0 amide bonds. The Hall–Kier alpha value is -1.06. The van der Waals surface area contributed by atoms with Crippen molar-refractivity contribution in [3.8, 4) is 5.75 Å². The fraction of sp³-hybridized carbons (Fsp3) is 0.647. The van der Waals surface area contributed by atoms with Gasteiger partial charge in [0.1, 0.15) is 5.75 Å². The molecule has 1 aliphatic rings. The van der Waals surface area contributed by atoms with Crippen molar-refractivity contribution in [1.82, 2.24) is 5.32 Å². The van der Waals surface area contributed by atoms with Crippen LogP contribution in [0.2, 0.25) is 0 Å². The Morgan fingerprint density at radius 2 is 2.15 bits per heavy atom. The van der Waals surface area contributed by atoms with Gasteiger partial charge in [0, 0.05) is 13.0 Å². The lowest BCUT2D eigenvalue weighted by Gasteiger charge is -2.08. The van der Waals surface area contributed by atoms with E-state index >= 15 is 0 Å². The van der Waals surface area contributed by atoms with Crippen LogP contribution in [0.15, 0.2) is 18.2 Å². The number of fused-ring (bicyclic) bond motifs is 1. The first-order valence-electron chi connectivity index (χ1n) is 7.82. The lowest BCUT2D eigenvalue weighted by Crippen LogP contribution is -2.19. The van der Waals surface area contributed by atoms with Crippen LogP contribution in [-0.4, -0.2) is 32.4 Å². The van der Waals surface area contributed by atoms with E-state index in [0.717, 1.165) is 51.3 Å². The molecular formula is C17H27NO2. The first-order valence-corrected chi connectivity index (χ1v) is 7.82. The Morgan fingerprint density at radius 3 is 3.00 bits per heavy atom. The van der Waals surface area contributed by atoms with Crippen LogP contribution in [0.4, 0.5) is 0 Å². The molecule has 0 atom stereocenters. The lowest BCUT2D eigenvalue weighted by atomic mass is 10.1. The Labute approximate surface area is 122 Å². The molecule has 1 heterocycles. The van der Waals surface area contributed by atoms with Crippen molar-refractivity contribution in [3.63, 3.8) is 0 Å². The number of hydrogen-bond donors (Lipinski definition) is 1. The monoisotopic (exact) mass is 277 g/mol. The Morgan fingerprint density at radius 1 is 1.25 bits per heavy atom. The summed E-state index contributed by atoms with van der Waals surface area (Å²) in [5.74, 6) is 1.08. The van der Waals surface area contributed by atoms with Gasteiger partial charge >= 0.3 is 0 Å². The van der Waals surface area contributed by atoms with E-state index in [-0.39, 0.29) is 0 Å². The number of hydrogen-bond acceptors (Lipinski definition) is 3. The molecule has 3 heteroatoms.